The maximum atomic E-state index is 12.9. The second-order valence-corrected chi connectivity index (χ2v) is 5.17. The molecule has 1 aromatic carbocycles. The van der Waals surface area contributed by atoms with E-state index in [0.29, 0.717) is 18.9 Å². The minimum atomic E-state index is -0.233. The predicted octanol–water partition coefficient (Wildman–Crippen LogP) is 2.86. The summed E-state index contributed by atoms with van der Waals surface area (Å²) in [6, 6.07) is 6.35. The Bertz CT molecular complexity index is 416. The van der Waals surface area contributed by atoms with Crippen LogP contribution in [-0.2, 0) is 6.42 Å². The van der Waals surface area contributed by atoms with Crippen LogP contribution in [0.5, 0.6) is 0 Å². The zero-order valence-electron chi connectivity index (χ0n) is 11.1. The normalized spacial score (nSPS) is 15.4. The van der Waals surface area contributed by atoms with E-state index < -0.39 is 0 Å². The van der Waals surface area contributed by atoms with Crippen molar-refractivity contribution in [2.75, 3.05) is 13.1 Å². The van der Waals surface area contributed by atoms with E-state index in [1.54, 1.807) is 6.07 Å². The van der Waals surface area contributed by atoms with Crippen LogP contribution >= 0.6 is 0 Å². The van der Waals surface area contributed by atoms with Crippen LogP contribution in [-0.4, -0.2) is 19.1 Å². The molecule has 0 spiro atoms. The highest BCUT2D eigenvalue weighted by molar-refractivity contribution is 5.73. The van der Waals surface area contributed by atoms with Crippen molar-refractivity contribution < 1.29 is 9.18 Å². The van der Waals surface area contributed by atoms with Gasteiger partial charge in [-0.15, -0.1) is 0 Å². The Balaban J connectivity index is 1.60. The Kier molecular flexibility index (Phi) is 5.19. The van der Waals surface area contributed by atoms with Crippen molar-refractivity contribution in [2.45, 2.75) is 32.1 Å². The molecule has 1 aromatic rings. The van der Waals surface area contributed by atoms with Crippen molar-refractivity contribution in [3.63, 3.8) is 0 Å². The molecule has 1 aliphatic carbocycles. The monoisotopic (exact) mass is 264 g/mol. The summed E-state index contributed by atoms with van der Waals surface area (Å²) in [5.41, 5.74) is 0.899. The fraction of sp³-hybridized carbons (Fsp3) is 0.533. The summed E-state index contributed by atoms with van der Waals surface area (Å²) in [4.78, 5) is 11.6. The van der Waals surface area contributed by atoms with Crippen LogP contribution in [0.25, 0.3) is 0 Å². The maximum Gasteiger partial charge on any atom is 0.314 e. The number of halogens is 1. The zero-order chi connectivity index (χ0) is 13.5. The van der Waals surface area contributed by atoms with Gasteiger partial charge in [0.1, 0.15) is 5.82 Å². The lowest BCUT2D eigenvalue weighted by Crippen LogP contribution is -2.38. The third-order valence-electron chi connectivity index (χ3n) is 3.61. The number of hydrogen-bond acceptors (Lipinski definition) is 1. The Morgan fingerprint density at radius 2 is 2.05 bits per heavy atom. The summed E-state index contributed by atoms with van der Waals surface area (Å²) in [6.45, 7) is 1.30. The second-order valence-electron chi connectivity index (χ2n) is 5.17. The zero-order valence-corrected chi connectivity index (χ0v) is 11.1. The number of rotatable bonds is 5. The average Bonchev–Trinajstić information content (AvgIpc) is 2.89. The Morgan fingerprint density at radius 1 is 1.26 bits per heavy atom. The van der Waals surface area contributed by atoms with Crippen LogP contribution in [0.2, 0.25) is 0 Å². The van der Waals surface area contributed by atoms with Crippen LogP contribution in [0.15, 0.2) is 24.3 Å². The molecule has 0 radical (unpaired) electrons. The summed E-state index contributed by atoms with van der Waals surface area (Å²) < 4.78 is 12.9. The van der Waals surface area contributed by atoms with Crippen molar-refractivity contribution in [2.24, 2.45) is 5.92 Å². The van der Waals surface area contributed by atoms with Gasteiger partial charge in [0, 0.05) is 13.1 Å². The lowest BCUT2D eigenvalue weighted by molar-refractivity contribution is 0.239. The SMILES string of the molecule is O=C(NCCc1cccc(F)c1)NCC1CCCC1. The van der Waals surface area contributed by atoms with Crippen molar-refractivity contribution in [3.05, 3.63) is 35.6 Å². The lowest BCUT2D eigenvalue weighted by Gasteiger charge is -2.11. The summed E-state index contributed by atoms with van der Waals surface area (Å²) in [5, 5.41) is 5.70. The smallest absolute Gasteiger partial charge is 0.314 e. The third kappa shape index (κ3) is 4.89. The first kappa shape index (κ1) is 13.8. The van der Waals surface area contributed by atoms with Crippen LogP contribution in [0.4, 0.5) is 9.18 Å². The third-order valence-corrected chi connectivity index (χ3v) is 3.61. The Morgan fingerprint density at radius 3 is 2.79 bits per heavy atom. The molecule has 0 heterocycles. The topological polar surface area (TPSA) is 41.1 Å². The number of carbonyl (C=O) groups is 1. The molecule has 2 rings (SSSR count). The molecule has 1 aliphatic rings. The molecular formula is C15H21FN2O. The summed E-state index contributed by atoms with van der Waals surface area (Å²) in [6.07, 6.45) is 5.67. The second kappa shape index (κ2) is 7.12. The average molecular weight is 264 g/mol. The number of urea groups is 1. The number of hydrogen-bond donors (Lipinski definition) is 2. The van der Waals surface area contributed by atoms with Gasteiger partial charge in [0.05, 0.1) is 0 Å². The Hall–Kier alpha value is -1.58. The van der Waals surface area contributed by atoms with E-state index in [1.807, 2.05) is 6.07 Å². The molecule has 19 heavy (non-hydrogen) atoms. The van der Waals surface area contributed by atoms with Crippen molar-refractivity contribution in [3.8, 4) is 0 Å². The molecule has 0 aromatic heterocycles. The largest absolute Gasteiger partial charge is 0.338 e. The highest BCUT2D eigenvalue weighted by Crippen LogP contribution is 2.23. The minimum absolute atomic E-state index is 0.122. The van der Waals surface area contributed by atoms with Gasteiger partial charge in [-0.25, -0.2) is 9.18 Å². The fourth-order valence-electron chi connectivity index (χ4n) is 2.53. The summed E-state index contributed by atoms with van der Waals surface area (Å²) in [7, 11) is 0. The standard InChI is InChI=1S/C15H21FN2O/c16-14-7-3-6-12(10-14)8-9-17-15(19)18-11-13-4-1-2-5-13/h3,6-7,10,13H,1-2,4-5,8-9,11H2,(H2,17,18,19). The molecule has 104 valence electrons. The van der Waals surface area contributed by atoms with Gasteiger partial charge in [-0.3, -0.25) is 0 Å². The van der Waals surface area contributed by atoms with E-state index in [4.69, 9.17) is 0 Å². The van der Waals surface area contributed by atoms with Crippen molar-refractivity contribution in [1.29, 1.82) is 0 Å². The Labute approximate surface area is 113 Å². The van der Waals surface area contributed by atoms with E-state index in [2.05, 4.69) is 10.6 Å². The number of nitrogens with one attached hydrogen (secondary N) is 2. The van der Waals surface area contributed by atoms with E-state index in [9.17, 15) is 9.18 Å². The first-order valence-electron chi connectivity index (χ1n) is 7.00. The highest BCUT2D eigenvalue weighted by Gasteiger charge is 2.15. The van der Waals surface area contributed by atoms with Gasteiger partial charge < -0.3 is 10.6 Å². The van der Waals surface area contributed by atoms with Crippen LogP contribution < -0.4 is 10.6 Å². The molecule has 2 N–H and O–H groups in total. The van der Waals surface area contributed by atoms with E-state index >= 15 is 0 Å². The molecule has 3 nitrogen and oxygen atoms in total. The number of amides is 2. The first-order chi connectivity index (χ1) is 9.24. The van der Waals surface area contributed by atoms with Gasteiger partial charge in [0.25, 0.3) is 0 Å². The number of benzene rings is 1. The number of carbonyl (C=O) groups excluding carboxylic acids is 1. The first-order valence-corrected chi connectivity index (χ1v) is 7.00. The molecule has 0 unspecified atom stereocenters. The molecule has 1 saturated carbocycles. The van der Waals surface area contributed by atoms with Crippen LogP contribution in [0.1, 0.15) is 31.2 Å². The molecule has 0 aliphatic heterocycles. The van der Waals surface area contributed by atoms with Crippen molar-refractivity contribution in [1.82, 2.24) is 10.6 Å². The van der Waals surface area contributed by atoms with Gasteiger partial charge in [-0.2, -0.15) is 0 Å². The molecule has 0 bridgehead atoms. The van der Waals surface area contributed by atoms with Gasteiger partial charge in [-0.05, 0) is 42.9 Å². The van der Waals surface area contributed by atoms with Crippen molar-refractivity contribution >= 4 is 6.03 Å². The van der Waals surface area contributed by atoms with Crippen LogP contribution in [0.3, 0.4) is 0 Å². The van der Waals surface area contributed by atoms with Gasteiger partial charge >= 0.3 is 6.03 Å². The molecule has 2 amide bonds. The van der Waals surface area contributed by atoms with E-state index in [1.165, 1.54) is 37.8 Å². The minimum Gasteiger partial charge on any atom is -0.338 e. The fourth-order valence-corrected chi connectivity index (χ4v) is 2.53. The van der Waals surface area contributed by atoms with E-state index in [-0.39, 0.29) is 11.8 Å². The van der Waals surface area contributed by atoms with Gasteiger partial charge in [0.2, 0.25) is 0 Å². The molecule has 0 atom stereocenters. The summed E-state index contributed by atoms with van der Waals surface area (Å²) >= 11 is 0. The maximum absolute atomic E-state index is 12.9. The van der Waals surface area contributed by atoms with Gasteiger partial charge in [0.15, 0.2) is 0 Å². The predicted molar refractivity (Wildman–Crippen MR) is 73.5 cm³/mol. The lowest BCUT2D eigenvalue weighted by atomic mass is 10.1. The molecule has 4 heteroatoms. The highest BCUT2D eigenvalue weighted by atomic mass is 19.1. The van der Waals surface area contributed by atoms with Crippen LogP contribution in [0, 0.1) is 11.7 Å². The molecular weight excluding hydrogens is 243 g/mol. The summed E-state index contributed by atoms with van der Waals surface area (Å²) in [5.74, 6) is 0.414. The molecule has 0 saturated heterocycles. The van der Waals surface area contributed by atoms with Gasteiger partial charge in [-0.1, -0.05) is 25.0 Å². The quantitative estimate of drug-likeness (QED) is 0.843. The molecule has 1 fully saturated rings. The van der Waals surface area contributed by atoms with E-state index in [0.717, 1.165) is 12.1 Å².